The van der Waals surface area contributed by atoms with E-state index in [1.807, 2.05) is 0 Å². The van der Waals surface area contributed by atoms with Gasteiger partial charge in [0.2, 0.25) is 0 Å². The molecule has 2 N–H and O–H groups in total. The van der Waals surface area contributed by atoms with Crippen molar-refractivity contribution in [1.29, 1.82) is 0 Å². The van der Waals surface area contributed by atoms with Crippen LogP contribution in [0, 0.1) is 0 Å². The average Bonchev–Trinajstić information content (AvgIpc) is 3.47. The standard InChI is InChI=1S/C20H24N4O4/c1-20(2,3)28-19(26)24-14-8-7-13(27-4)11-16(14)23-18(25)15-9-10-21-17(22-15)12-5-6-12/h7-12H,5-6H2,1-4H3,(H,23,25)(H,24,26). The van der Waals surface area contributed by atoms with Crippen LogP contribution in [0.15, 0.2) is 30.5 Å². The minimum absolute atomic E-state index is 0.267. The SMILES string of the molecule is COc1ccc(NC(=O)OC(C)(C)C)c(NC(=O)c2ccnc(C3CC3)n2)c1. The van der Waals surface area contributed by atoms with Crippen LogP contribution in [-0.4, -0.2) is 34.7 Å². The van der Waals surface area contributed by atoms with Gasteiger partial charge in [-0.2, -0.15) is 0 Å². The molecular formula is C20H24N4O4. The van der Waals surface area contributed by atoms with Gasteiger partial charge < -0.3 is 14.8 Å². The number of rotatable bonds is 5. The Balaban J connectivity index is 1.80. The summed E-state index contributed by atoms with van der Waals surface area (Å²) in [4.78, 5) is 33.4. The predicted octanol–water partition coefficient (Wildman–Crippen LogP) is 3.96. The van der Waals surface area contributed by atoms with E-state index in [-0.39, 0.29) is 5.69 Å². The number of nitrogens with one attached hydrogen (secondary N) is 2. The zero-order valence-corrected chi connectivity index (χ0v) is 16.4. The third-order valence-electron chi connectivity index (χ3n) is 3.96. The molecule has 0 bridgehead atoms. The van der Waals surface area contributed by atoms with Gasteiger partial charge in [-0.15, -0.1) is 0 Å². The summed E-state index contributed by atoms with van der Waals surface area (Å²) in [5.74, 6) is 1.16. The molecule has 1 saturated carbocycles. The van der Waals surface area contributed by atoms with Crippen LogP contribution in [-0.2, 0) is 4.74 Å². The maximum atomic E-state index is 12.7. The summed E-state index contributed by atoms with van der Waals surface area (Å²) in [7, 11) is 1.52. The first-order valence-corrected chi connectivity index (χ1v) is 9.07. The minimum Gasteiger partial charge on any atom is -0.497 e. The maximum absolute atomic E-state index is 12.7. The van der Waals surface area contributed by atoms with E-state index in [2.05, 4.69) is 20.6 Å². The van der Waals surface area contributed by atoms with Crippen LogP contribution in [0.5, 0.6) is 5.75 Å². The second-order valence-electron chi connectivity index (χ2n) is 7.57. The fourth-order valence-corrected chi connectivity index (χ4v) is 2.50. The van der Waals surface area contributed by atoms with Crippen molar-refractivity contribution < 1.29 is 19.1 Å². The Labute approximate surface area is 163 Å². The number of carbonyl (C=O) groups is 2. The van der Waals surface area contributed by atoms with Gasteiger partial charge in [-0.1, -0.05) is 0 Å². The van der Waals surface area contributed by atoms with E-state index >= 15 is 0 Å². The van der Waals surface area contributed by atoms with Crippen molar-refractivity contribution in [3.05, 3.63) is 42.0 Å². The van der Waals surface area contributed by atoms with Gasteiger partial charge in [0, 0.05) is 18.2 Å². The van der Waals surface area contributed by atoms with Crippen molar-refractivity contribution >= 4 is 23.4 Å². The van der Waals surface area contributed by atoms with Crippen LogP contribution in [0.25, 0.3) is 0 Å². The molecule has 0 aliphatic heterocycles. The lowest BCUT2D eigenvalue weighted by Gasteiger charge is -2.20. The molecule has 1 fully saturated rings. The second-order valence-corrected chi connectivity index (χ2v) is 7.57. The molecule has 8 nitrogen and oxygen atoms in total. The van der Waals surface area contributed by atoms with E-state index in [1.54, 1.807) is 51.2 Å². The van der Waals surface area contributed by atoms with Crippen molar-refractivity contribution in [2.24, 2.45) is 0 Å². The average molecular weight is 384 g/mol. The highest BCUT2D eigenvalue weighted by atomic mass is 16.6. The van der Waals surface area contributed by atoms with E-state index in [1.165, 1.54) is 7.11 Å². The lowest BCUT2D eigenvalue weighted by atomic mass is 10.2. The smallest absolute Gasteiger partial charge is 0.412 e. The largest absolute Gasteiger partial charge is 0.497 e. The number of aromatic nitrogens is 2. The van der Waals surface area contributed by atoms with Crippen molar-refractivity contribution in [3.8, 4) is 5.75 Å². The molecule has 0 radical (unpaired) electrons. The molecule has 0 saturated heterocycles. The molecule has 1 aromatic carbocycles. The van der Waals surface area contributed by atoms with Crippen LogP contribution >= 0.6 is 0 Å². The topological polar surface area (TPSA) is 102 Å². The Morgan fingerprint density at radius 3 is 2.50 bits per heavy atom. The highest BCUT2D eigenvalue weighted by Crippen LogP contribution is 2.37. The number of ether oxygens (including phenoxy) is 2. The van der Waals surface area contributed by atoms with Crippen LogP contribution in [0.1, 0.15) is 55.8 Å². The number of hydrogen-bond acceptors (Lipinski definition) is 6. The van der Waals surface area contributed by atoms with Gasteiger partial charge in [-0.25, -0.2) is 14.8 Å². The number of hydrogen-bond donors (Lipinski definition) is 2. The van der Waals surface area contributed by atoms with E-state index in [4.69, 9.17) is 9.47 Å². The maximum Gasteiger partial charge on any atom is 0.412 e. The molecule has 0 unspecified atom stereocenters. The lowest BCUT2D eigenvalue weighted by molar-refractivity contribution is 0.0635. The highest BCUT2D eigenvalue weighted by molar-refractivity contribution is 6.06. The molecule has 2 aromatic rings. The molecule has 1 heterocycles. The fraction of sp³-hybridized carbons (Fsp3) is 0.400. The first kappa shape index (κ1) is 19.6. The van der Waals surface area contributed by atoms with E-state index < -0.39 is 17.6 Å². The van der Waals surface area contributed by atoms with Gasteiger partial charge in [0.15, 0.2) is 0 Å². The summed E-state index contributed by atoms with van der Waals surface area (Å²) >= 11 is 0. The Bertz CT molecular complexity index is 888. The molecule has 28 heavy (non-hydrogen) atoms. The summed E-state index contributed by atoms with van der Waals surface area (Å²) in [6.45, 7) is 5.32. The highest BCUT2D eigenvalue weighted by Gasteiger charge is 2.27. The predicted molar refractivity (Wildman–Crippen MR) is 105 cm³/mol. The number of benzene rings is 1. The number of anilines is 2. The first-order chi connectivity index (χ1) is 13.2. The number of nitrogens with zero attached hydrogens (tertiary/aromatic N) is 2. The Hall–Kier alpha value is -3.16. The number of methoxy groups -OCH3 is 1. The van der Waals surface area contributed by atoms with Gasteiger partial charge >= 0.3 is 6.09 Å². The van der Waals surface area contributed by atoms with E-state index in [0.29, 0.717) is 28.9 Å². The van der Waals surface area contributed by atoms with Gasteiger partial charge in [0.1, 0.15) is 22.9 Å². The first-order valence-electron chi connectivity index (χ1n) is 9.07. The quantitative estimate of drug-likeness (QED) is 0.809. The van der Waals surface area contributed by atoms with Crippen molar-refractivity contribution in [1.82, 2.24) is 9.97 Å². The molecule has 8 heteroatoms. The van der Waals surface area contributed by atoms with Crippen LogP contribution in [0.2, 0.25) is 0 Å². The minimum atomic E-state index is -0.639. The third kappa shape index (κ3) is 5.18. The lowest BCUT2D eigenvalue weighted by Crippen LogP contribution is -2.27. The van der Waals surface area contributed by atoms with Crippen molar-refractivity contribution in [2.75, 3.05) is 17.7 Å². The second kappa shape index (κ2) is 7.84. The molecule has 1 aliphatic rings. The summed E-state index contributed by atoms with van der Waals surface area (Å²) in [5.41, 5.74) is 0.393. The number of carbonyl (C=O) groups excluding carboxylic acids is 2. The molecule has 148 valence electrons. The van der Waals surface area contributed by atoms with Gasteiger partial charge in [-0.3, -0.25) is 10.1 Å². The molecule has 0 spiro atoms. The number of amides is 2. The molecule has 0 atom stereocenters. The molecule has 1 aromatic heterocycles. The van der Waals surface area contributed by atoms with Crippen LogP contribution in [0.3, 0.4) is 0 Å². The van der Waals surface area contributed by atoms with E-state index in [9.17, 15) is 9.59 Å². The summed E-state index contributed by atoms with van der Waals surface area (Å²) < 4.78 is 10.5. The van der Waals surface area contributed by atoms with E-state index in [0.717, 1.165) is 12.8 Å². The normalized spacial score (nSPS) is 13.6. The zero-order chi connectivity index (χ0) is 20.3. The van der Waals surface area contributed by atoms with Crippen LogP contribution in [0.4, 0.5) is 16.2 Å². The zero-order valence-electron chi connectivity index (χ0n) is 16.4. The summed E-state index contributed by atoms with van der Waals surface area (Å²) in [6.07, 6.45) is 3.06. The summed E-state index contributed by atoms with van der Waals surface area (Å²) in [5, 5.41) is 5.43. The Kier molecular flexibility index (Phi) is 5.48. The Morgan fingerprint density at radius 1 is 1.11 bits per heavy atom. The third-order valence-corrected chi connectivity index (χ3v) is 3.96. The molecule has 3 rings (SSSR count). The van der Waals surface area contributed by atoms with Crippen LogP contribution < -0.4 is 15.4 Å². The Morgan fingerprint density at radius 2 is 1.86 bits per heavy atom. The van der Waals surface area contributed by atoms with Gasteiger partial charge in [0.25, 0.3) is 5.91 Å². The monoisotopic (exact) mass is 384 g/mol. The van der Waals surface area contributed by atoms with Crippen molar-refractivity contribution in [3.63, 3.8) is 0 Å². The van der Waals surface area contributed by atoms with Gasteiger partial charge in [-0.05, 0) is 51.8 Å². The van der Waals surface area contributed by atoms with Gasteiger partial charge in [0.05, 0.1) is 18.5 Å². The molecule has 1 aliphatic carbocycles. The fourth-order valence-electron chi connectivity index (χ4n) is 2.50. The van der Waals surface area contributed by atoms with Crippen molar-refractivity contribution in [2.45, 2.75) is 45.1 Å². The molecule has 2 amide bonds. The molecular weight excluding hydrogens is 360 g/mol. The summed E-state index contributed by atoms with van der Waals surface area (Å²) in [6, 6.07) is 6.49.